The van der Waals surface area contributed by atoms with Crippen LogP contribution in [0.5, 0.6) is 0 Å². The Morgan fingerprint density at radius 1 is 0.655 bits per heavy atom. The highest BCUT2D eigenvalue weighted by atomic mass is 16.5. The molecule has 4 rings (SSSR count). The van der Waals surface area contributed by atoms with Gasteiger partial charge in [0.1, 0.15) is 11.4 Å². The minimum Gasteiger partial charge on any atom is -0.466 e. The van der Waals surface area contributed by atoms with Gasteiger partial charge in [-0.3, -0.25) is 37.4 Å². The van der Waals surface area contributed by atoms with Crippen LogP contribution in [0.2, 0.25) is 0 Å². The first-order valence-corrected chi connectivity index (χ1v) is 18.9. The predicted octanol–water partition coefficient (Wildman–Crippen LogP) is 0.856. The van der Waals surface area contributed by atoms with E-state index in [1.165, 1.54) is 37.1 Å². The van der Waals surface area contributed by atoms with Crippen LogP contribution in [0.4, 0.5) is 0 Å². The summed E-state index contributed by atoms with van der Waals surface area (Å²) < 4.78 is 14.6. The summed E-state index contributed by atoms with van der Waals surface area (Å²) in [4.78, 5) is 89.0. The second-order valence-corrected chi connectivity index (χ2v) is 14.0. The van der Waals surface area contributed by atoms with Crippen LogP contribution in [-0.4, -0.2) is 85.8 Å². The average molecular weight is 813 g/mol. The second-order valence-electron chi connectivity index (χ2n) is 14.0. The van der Waals surface area contributed by atoms with Crippen LogP contribution >= 0.6 is 0 Å². The standard InChI is InChI=1S/C19H28N4O5.C19H24N4O5.CH4O/c2*1-12(2)10-23-17-16(18(26)22(4)19(23)27)20-14(15(11-24)21-17)8-6-5-7-9-28-13(3)25;1-2/h12,24H,5-11H2,1-4H3;12,24H,5,7,9-11H2,1-4H3;2H,1H3. The Morgan fingerprint density at radius 3 is 1.59 bits per heavy atom. The molecule has 0 aliphatic rings. The fourth-order valence-electron chi connectivity index (χ4n) is 5.56. The van der Waals surface area contributed by atoms with Gasteiger partial charge in [0, 0.05) is 54.6 Å². The third-order valence-electron chi connectivity index (χ3n) is 8.26. The molecule has 0 aliphatic heterocycles. The van der Waals surface area contributed by atoms with Gasteiger partial charge in [-0.05, 0) is 49.9 Å². The highest BCUT2D eigenvalue weighted by molar-refractivity contribution is 5.71. The van der Waals surface area contributed by atoms with Crippen molar-refractivity contribution in [2.45, 2.75) is 106 Å². The largest absolute Gasteiger partial charge is 0.466 e. The number of aliphatic hydroxyl groups excluding tert-OH is 3. The Kier molecular flexibility index (Phi) is 19.8. The molecule has 4 aromatic heterocycles. The van der Waals surface area contributed by atoms with Crippen molar-refractivity contribution in [3.05, 3.63) is 64.5 Å². The van der Waals surface area contributed by atoms with Crippen molar-refractivity contribution in [3.8, 4) is 11.8 Å². The summed E-state index contributed by atoms with van der Waals surface area (Å²) in [5.74, 6) is 5.36. The van der Waals surface area contributed by atoms with Crippen LogP contribution in [0.1, 0.15) is 96.4 Å². The van der Waals surface area contributed by atoms with Gasteiger partial charge in [-0.25, -0.2) is 29.5 Å². The molecule has 0 amide bonds. The summed E-state index contributed by atoms with van der Waals surface area (Å²) in [6.07, 6.45) is 3.82. The lowest BCUT2D eigenvalue weighted by atomic mass is 10.1. The molecule has 0 saturated heterocycles. The molecule has 0 radical (unpaired) electrons. The van der Waals surface area contributed by atoms with Crippen LogP contribution in [-0.2, 0) is 65.9 Å². The van der Waals surface area contributed by atoms with Crippen molar-refractivity contribution in [2.75, 3.05) is 20.3 Å². The molecule has 0 atom stereocenters. The maximum absolute atomic E-state index is 12.6. The lowest BCUT2D eigenvalue weighted by molar-refractivity contribution is -0.142. The zero-order valence-electron chi connectivity index (χ0n) is 34.8. The normalized spacial score (nSPS) is 10.8. The monoisotopic (exact) mass is 812 g/mol. The summed E-state index contributed by atoms with van der Waals surface area (Å²) in [6.45, 7) is 11.2. The van der Waals surface area contributed by atoms with Gasteiger partial charge in [-0.1, -0.05) is 33.6 Å². The Labute approximate surface area is 335 Å². The molecule has 318 valence electrons. The van der Waals surface area contributed by atoms with Gasteiger partial charge in [0.25, 0.3) is 11.1 Å². The molecule has 3 N–H and O–H groups in total. The minimum absolute atomic E-state index is 0.0316. The van der Waals surface area contributed by atoms with Crippen LogP contribution in [0, 0.1) is 23.7 Å². The maximum atomic E-state index is 12.6. The number of rotatable bonds is 15. The number of fused-ring (bicyclic) bond motifs is 2. The molecule has 0 aliphatic carbocycles. The number of hydrogen-bond donors (Lipinski definition) is 3. The number of carbonyl (C=O) groups excluding carboxylic acids is 2. The Hall–Kier alpha value is -5.58. The van der Waals surface area contributed by atoms with Crippen molar-refractivity contribution in [2.24, 2.45) is 25.9 Å². The van der Waals surface area contributed by atoms with Crippen LogP contribution < -0.4 is 22.5 Å². The van der Waals surface area contributed by atoms with Crippen molar-refractivity contribution in [3.63, 3.8) is 0 Å². The Morgan fingerprint density at radius 2 is 1.12 bits per heavy atom. The van der Waals surface area contributed by atoms with E-state index in [2.05, 4.69) is 31.8 Å². The number of ether oxygens (including phenoxy) is 2. The lowest BCUT2D eigenvalue weighted by Crippen LogP contribution is -2.40. The molecule has 58 heavy (non-hydrogen) atoms. The van der Waals surface area contributed by atoms with E-state index < -0.39 is 29.1 Å². The van der Waals surface area contributed by atoms with Gasteiger partial charge in [0.2, 0.25) is 0 Å². The smallest absolute Gasteiger partial charge is 0.332 e. The molecular weight excluding hydrogens is 756 g/mol. The van der Waals surface area contributed by atoms with Gasteiger partial charge in [0.15, 0.2) is 22.3 Å². The summed E-state index contributed by atoms with van der Waals surface area (Å²) in [5.41, 5.74) is -0.138. The fourth-order valence-corrected chi connectivity index (χ4v) is 5.56. The maximum Gasteiger partial charge on any atom is 0.332 e. The fraction of sp³-hybridized carbons (Fsp3) is 0.590. The van der Waals surface area contributed by atoms with E-state index >= 15 is 0 Å². The van der Waals surface area contributed by atoms with E-state index in [0.717, 1.165) is 35.5 Å². The number of nitrogens with zero attached hydrogens (tertiary/aromatic N) is 8. The molecular formula is C39H56N8O11. The molecule has 0 bridgehead atoms. The SMILES string of the molecule is CC(=O)OCCCC#Cc1nc2c(=O)n(C)c(=O)n(CC(C)C)c2nc1CO.CC(=O)OCCCCCc1nc2c(=O)n(C)c(=O)n(CC(C)C)c2nc1CO.CO. The number of aromatic nitrogens is 8. The average Bonchev–Trinajstić information content (AvgIpc) is 3.19. The van der Waals surface area contributed by atoms with E-state index in [1.807, 2.05) is 27.7 Å². The second kappa shape index (κ2) is 23.6. The van der Waals surface area contributed by atoms with Gasteiger partial charge in [0.05, 0.1) is 37.8 Å². The zero-order valence-corrected chi connectivity index (χ0v) is 34.8. The third kappa shape index (κ3) is 13.2. The number of unbranched alkanes of at least 4 members (excludes halogenated alkanes) is 3. The lowest BCUT2D eigenvalue weighted by Gasteiger charge is -2.15. The number of esters is 2. The topological polar surface area (TPSA) is 253 Å². The third-order valence-corrected chi connectivity index (χ3v) is 8.26. The van der Waals surface area contributed by atoms with E-state index in [0.29, 0.717) is 50.3 Å². The van der Waals surface area contributed by atoms with E-state index in [9.17, 15) is 39.0 Å². The number of carbonyl (C=O) groups is 2. The first-order valence-electron chi connectivity index (χ1n) is 18.9. The summed E-state index contributed by atoms with van der Waals surface area (Å²) >= 11 is 0. The molecule has 0 spiro atoms. The molecule has 19 heteroatoms. The molecule has 0 fully saturated rings. The summed E-state index contributed by atoms with van der Waals surface area (Å²) in [6, 6.07) is 0. The number of hydrogen-bond acceptors (Lipinski definition) is 15. The van der Waals surface area contributed by atoms with Crippen LogP contribution in [0.15, 0.2) is 19.2 Å². The first-order chi connectivity index (χ1) is 27.5. The number of aryl methyl sites for hydroxylation is 1. The highest BCUT2D eigenvalue weighted by Gasteiger charge is 2.19. The van der Waals surface area contributed by atoms with E-state index in [1.54, 1.807) is 0 Å². The molecule has 0 unspecified atom stereocenters. The van der Waals surface area contributed by atoms with Gasteiger partial charge in [-0.15, -0.1) is 0 Å². The molecule has 4 aromatic rings. The van der Waals surface area contributed by atoms with Crippen molar-refractivity contribution in [1.29, 1.82) is 0 Å². The Bertz CT molecular complexity index is 2350. The van der Waals surface area contributed by atoms with E-state index in [4.69, 9.17) is 14.6 Å². The van der Waals surface area contributed by atoms with Crippen molar-refractivity contribution in [1.82, 2.24) is 38.2 Å². The molecule has 19 nitrogen and oxygen atoms in total. The predicted molar refractivity (Wildman–Crippen MR) is 215 cm³/mol. The molecule has 0 aromatic carbocycles. The van der Waals surface area contributed by atoms with Gasteiger partial charge < -0.3 is 24.8 Å². The van der Waals surface area contributed by atoms with Gasteiger partial charge in [-0.2, -0.15) is 0 Å². The summed E-state index contributed by atoms with van der Waals surface area (Å²) in [7, 11) is 3.82. The van der Waals surface area contributed by atoms with Crippen LogP contribution in [0.3, 0.4) is 0 Å². The van der Waals surface area contributed by atoms with Crippen molar-refractivity contribution >= 4 is 34.3 Å². The highest BCUT2D eigenvalue weighted by Crippen LogP contribution is 2.15. The number of aliphatic hydroxyl groups is 3. The van der Waals surface area contributed by atoms with Gasteiger partial charge >= 0.3 is 23.3 Å². The molecule has 4 heterocycles. The van der Waals surface area contributed by atoms with E-state index in [-0.39, 0.29) is 70.7 Å². The quantitative estimate of drug-likeness (QED) is 0.0855. The minimum atomic E-state index is -0.560. The zero-order chi connectivity index (χ0) is 43.7. The summed E-state index contributed by atoms with van der Waals surface area (Å²) in [5, 5.41) is 26.4. The molecule has 0 saturated carbocycles. The van der Waals surface area contributed by atoms with Crippen LogP contribution in [0.25, 0.3) is 22.3 Å². The first kappa shape index (κ1) is 48.6. The Balaban J connectivity index is 0.000000384. The van der Waals surface area contributed by atoms with Crippen molar-refractivity contribution < 1.29 is 34.4 Å².